The van der Waals surface area contributed by atoms with Crippen molar-refractivity contribution in [3.63, 3.8) is 0 Å². The Hall–Kier alpha value is -1.33. The summed E-state index contributed by atoms with van der Waals surface area (Å²) in [6.07, 6.45) is 4.37. The molecule has 0 bridgehead atoms. The van der Waals surface area contributed by atoms with Crippen molar-refractivity contribution in [1.29, 1.82) is 0 Å². The van der Waals surface area contributed by atoms with Gasteiger partial charge in [0, 0.05) is 22.4 Å². The van der Waals surface area contributed by atoms with Crippen molar-refractivity contribution >= 4 is 38.2 Å². The van der Waals surface area contributed by atoms with E-state index in [1.165, 1.54) is 25.9 Å². The standard InChI is InChI=1S/C16H21BrN4/c1-11(21-6-2-3-7-21)9-20-16-13-8-12(17)4-5-15(13)19-10-14(16)18/h4-5,8,10-11H,2-3,6-7,9,18H2,1H3,(H,19,20). The van der Waals surface area contributed by atoms with E-state index in [1.54, 1.807) is 6.20 Å². The Kier molecular flexibility index (Phi) is 4.31. The van der Waals surface area contributed by atoms with Gasteiger partial charge in [0.05, 0.1) is 23.1 Å². The fraction of sp³-hybridized carbons (Fsp3) is 0.438. The van der Waals surface area contributed by atoms with Gasteiger partial charge in [0.25, 0.3) is 0 Å². The zero-order valence-electron chi connectivity index (χ0n) is 12.3. The van der Waals surface area contributed by atoms with E-state index in [1.807, 2.05) is 12.1 Å². The average molecular weight is 349 g/mol. The van der Waals surface area contributed by atoms with E-state index in [4.69, 9.17) is 5.73 Å². The third-order valence-electron chi connectivity index (χ3n) is 4.20. The molecule has 1 aromatic heterocycles. The normalized spacial score (nSPS) is 17.2. The van der Waals surface area contributed by atoms with Gasteiger partial charge in [-0.15, -0.1) is 0 Å². The van der Waals surface area contributed by atoms with E-state index in [0.29, 0.717) is 11.7 Å². The van der Waals surface area contributed by atoms with Gasteiger partial charge in [-0.1, -0.05) is 15.9 Å². The molecular formula is C16H21BrN4. The number of aromatic nitrogens is 1. The predicted molar refractivity (Wildman–Crippen MR) is 92.6 cm³/mol. The number of fused-ring (bicyclic) bond motifs is 1. The Morgan fingerprint density at radius 2 is 2.14 bits per heavy atom. The maximum absolute atomic E-state index is 6.12. The number of pyridine rings is 1. The van der Waals surface area contributed by atoms with E-state index in [2.05, 4.69) is 44.1 Å². The molecular weight excluding hydrogens is 328 g/mol. The molecule has 4 nitrogen and oxygen atoms in total. The number of hydrogen-bond acceptors (Lipinski definition) is 4. The number of hydrogen-bond donors (Lipinski definition) is 2. The van der Waals surface area contributed by atoms with E-state index < -0.39 is 0 Å². The number of halogens is 1. The third-order valence-corrected chi connectivity index (χ3v) is 4.69. The smallest absolute Gasteiger partial charge is 0.0743 e. The summed E-state index contributed by atoms with van der Waals surface area (Å²) in [6.45, 7) is 5.59. The fourth-order valence-corrected chi connectivity index (χ4v) is 3.30. The number of nitrogens with two attached hydrogens (primary N) is 1. The summed E-state index contributed by atoms with van der Waals surface area (Å²) in [6, 6.07) is 6.60. The molecule has 0 saturated carbocycles. The van der Waals surface area contributed by atoms with Crippen molar-refractivity contribution in [3.8, 4) is 0 Å². The molecule has 1 unspecified atom stereocenters. The Balaban J connectivity index is 1.82. The molecule has 1 aliphatic rings. The number of rotatable bonds is 4. The van der Waals surface area contributed by atoms with Crippen molar-refractivity contribution in [3.05, 3.63) is 28.9 Å². The van der Waals surface area contributed by atoms with Crippen LogP contribution >= 0.6 is 15.9 Å². The molecule has 3 rings (SSSR count). The van der Waals surface area contributed by atoms with Crippen molar-refractivity contribution in [2.45, 2.75) is 25.8 Å². The van der Waals surface area contributed by atoms with Crippen molar-refractivity contribution in [2.75, 3.05) is 30.7 Å². The van der Waals surface area contributed by atoms with Crippen LogP contribution in [0.15, 0.2) is 28.9 Å². The third kappa shape index (κ3) is 3.14. The lowest BCUT2D eigenvalue weighted by atomic mass is 10.1. The quantitative estimate of drug-likeness (QED) is 0.887. The first-order valence-electron chi connectivity index (χ1n) is 7.47. The van der Waals surface area contributed by atoms with Crippen LogP contribution in [-0.2, 0) is 0 Å². The molecule has 1 atom stereocenters. The maximum Gasteiger partial charge on any atom is 0.0743 e. The van der Waals surface area contributed by atoms with Crippen molar-refractivity contribution in [2.24, 2.45) is 0 Å². The van der Waals surface area contributed by atoms with Gasteiger partial charge in [-0.2, -0.15) is 0 Å². The number of anilines is 2. The number of nitrogens with zero attached hydrogens (tertiary/aromatic N) is 2. The van der Waals surface area contributed by atoms with Crippen molar-refractivity contribution in [1.82, 2.24) is 9.88 Å². The summed E-state index contributed by atoms with van der Waals surface area (Å²) in [7, 11) is 0. The van der Waals surface area contributed by atoms with Crippen molar-refractivity contribution < 1.29 is 0 Å². The average Bonchev–Trinajstić information content (AvgIpc) is 3.00. The number of nitrogens with one attached hydrogen (secondary N) is 1. The number of likely N-dealkylation sites (tertiary alicyclic amines) is 1. The molecule has 2 aromatic rings. The molecule has 1 aromatic carbocycles. The van der Waals surface area contributed by atoms with Gasteiger partial charge in [0.15, 0.2) is 0 Å². The summed E-state index contributed by atoms with van der Waals surface area (Å²) in [5, 5.41) is 4.60. The summed E-state index contributed by atoms with van der Waals surface area (Å²) >= 11 is 3.52. The molecule has 2 heterocycles. The summed E-state index contributed by atoms with van der Waals surface area (Å²) < 4.78 is 1.04. The van der Waals surface area contributed by atoms with Crippen LogP contribution in [0.5, 0.6) is 0 Å². The number of nitrogen functional groups attached to an aromatic ring is 1. The van der Waals surface area contributed by atoms with Gasteiger partial charge in [-0.25, -0.2) is 0 Å². The molecule has 0 spiro atoms. The lowest BCUT2D eigenvalue weighted by Crippen LogP contribution is -2.35. The van der Waals surface area contributed by atoms with Crippen LogP contribution in [0.2, 0.25) is 0 Å². The van der Waals surface area contributed by atoms with Crippen LogP contribution in [-0.4, -0.2) is 35.6 Å². The zero-order valence-corrected chi connectivity index (χ0v) is 13.9. The predicted octanol–water partition coefficient (Wildman–Crippen LogP) is 3.48. The summed E-state index contributed by atoms with van der Waals surface area (Å²) in [5.74, 6) is 0. The van der Waals surface area contributed by atoms with Crippen LogP contribution < -0.4 is 11.1 Å². The van der Waals surface area contributed by atoms with Gasteiger partial charge >= 0.3 is 0 Å². The first-order chi connectivity index (χ1) is 10.1. The molecule has 1 aliphatic heterocycles. The van der Waals surface area contributed by atoms with E-state index >= 15 is 0 Å². The molecule has 3 N–H and O–H groups in total. The first-order valence-corrected chi connectivity index (χ1v) is 8.26. The largest absolute Gasteiger partial charge is 0.396 e. The fourth-order valence-electron chi connectivity index (χ4n) is 2.94. The molecule has 0 aliphatic carbocycles. The minimum absolute atomic E-state index is 0.516. The SMILES string of the molecule is CC(CNc1c(N)cnc2ccc(Br)cc12)N1CCCC1. The highest BCUT2D eigenvalue weighted by molar-refractivity contribution is 9.10. The molecule has 1 saturated heterocycles. The monoisotopic (exact) mass is 348 g/mol. The van der Waals surface area contributed by atoms with Crippen LogP contribution in [0.25, 0.3) is 10.9 Å². The number of benzene rings is 1. The second-order valence-electron chi connectivity index (χ2n) is 5.72. The van der Waals surface area contributed by atoms with E-state index in [0.717, 1.165) is 27.6 Å². The minimum Gasteiger partial charge on any atom is -0.396 e. The van der Waals surface area contributed by atoms with Gasteiger partial charge in [0.1, 0.15) is 0 Å². The van der Waals surface area contributed by atoms with Gasteiger partial charge in [-0.3, -0.25) is 9.88 Å². The van der Waals surface area contributed by atoms with E-state index in [-0.39, 0.29) is 0 Å². The highest BCUT2D eigenvalue weighted by Gasteiger charge is 2.18. The Morgan fingerprint density at radius 1 is 1.38 bits per heavy atom. The van der Waals surface area contributed by atoms with Crippen LogP contribution in [0.1, 0.15) is 19.8 Å². The molecule has 112 valence electrons. The van der Waals surface area contributed by atoms with Crippen LogP contribution in [0.3, 0.4) is 0 Å². The first kappa shape index (κ1) is 14.6. The second kappa shape index (κ2) is 6.20. The van der Waals surface area contributed by atoms with Gasteiger partial charge in [-0.05, 0) is 51.1 Å². The van der Waals surface area contributed by atoms with Crippen LogP contribution in [0.4, 0.5) is 11.4 Å². The topological polar surface area (TPSA) is 54.2 Å². The summed E-state index contributed by atoms with van der Waals surface area (Å²) in [5.41, 5.74) is 8.78. The Labute approximate surface area is 133 Å². The maximum atomic E-state index is 6.12. The molecule has 5 heteroatoms. The zero-order chi connectivity index (χ0) is 14.8. The lowest BCUT2D eigenvalue weighted by molar-refractivity contribution is 0.269. The summed E-state index contributed by atoms with van der Waals surface area (Å²) in [4.78, 5) is 6.92. The highest BCUT2D eigenvalue weighted by Crippen LogP contribution is 2.30. The van der Waals surface area contributed by atoms with Crippen LogP contribution in [0, 0.1) is 0 Å². The molecule has 0 amide bonds. The van der Waals surface area contributed by atoms with Gasteiger partial charge in [0.2, 0.25) is 0 Å². The second-order valence-corrected chi connectivity index (χ2v) is 6.64. The molecule has 21 heavy (non-hydrogen) atoms. The Morgan fingerprint density at radius 3 is 2.90 bits per heavy atom. The molecule has 1 fully saturated rings. The highest BCUT2D eigenvalue weighted by atomic mass is 79.9. The Bertz CT molecular complexity index is 632. The minimum atomic E-state index is 0.516. The van der Waals surface area contributed by atoms with Gasteiger partial charge < -0.3 is 11.1 Å². The molecule has 0 radical (unpaired) electrons. The van der Waals surface area contributed by atoms with E-state index in [9.17, 15) is 0 Å². The lowest BCUT2D eigenvalue weighted by Gasteiger charge is -2.25.